The van der Waals surface area contributed by atoms with Gasteiger partial charge < -0.3 is 5.32 Å². The fourth-order valence-electron chi connectivity index (χ4n) is 3.25. The average Bonchev–Trinajstić information content (AvgIpc) is 2.76. The fraction of sp³-hybridized carbons (Fsp3) is 0.167. The van der Waals surface area contributed by atoms with Gasteiger partial charge in [0, 0.05) is 35.4 Å². The molecule has 3 heterocycles. The molecule has 0 fully saturated rings. The number of hydrogen-bond donors (Lipinski definition) is 1. The molecule has 1 N–H and O–H groups in total. The molecule has 0 aliphatic rings. The molecular weight excluding hydrogens is 358 g/mol. The SMILES string of the molecule is Cc1cccc(C(Nc2nc(-c3cccnc3)nc(C)c2C)c2ccccn2)c1. The topological polar surface area (TPSA) is 63.6 Å². The zero-order chi connectivity index (χ0) is 20.2. The molecule has 0 aliphatic heterocycles. The van der Waals surface area contributed by atoms with Gasteiger partial charge in [0.1, 0.15) is 5.82 Å². The van der Waals surface area contributed by atoms with Crippen LogP contribution in [0.3, 0.4) is 0 Å². The summed E-state index contributed by atoms with van der Waals surface area (Å²) >= 11 is 0. The molecule has 0 aliphatic carbocycles. The van der Waals surface area contributed by atoms with E-state index in [1.54, 1.807) is 12.4 Å². The van der Waals surface area contributed by atoms with E-state index in [0.717, 1.165) is 33.9 Å². The molecule has 0 amide bonds. The van der Waals surface area contributed by atoms with Crippen LogP contribution >= 0.6 is 0 Å². The standard InChI is InChI=1S/C24H23N5/c1-16-8-6-9-19(14-16)22(21-11-4-5-13-26-21)28-23-17(2)18(3)27-24(29-23)20-10-7-12-25-15-20/h4-15,22H,1-3H3,(H,27,28,29). The Kier molecular flexibility index (Phi) is 5.29. The van der Waals surface area contributed by atoms with E-state index in [1.807, 2.05) is 50.4 Å². The van der Waals surface area contributed by atoms with Crippen molar-refractivity contribution in [2.24, 2.45) is 0 Å². The van der Waals surface area contributed by atoms with E-state index in [-0.39, 0.29) is 6.04 Å². The molecule has 0 spiro atoms. The molecule has 0 radical (unpaired) electrons. The van der Waals surface area contributed by atoms with E-state index in [2.05, 4.69) is 51.5 Å². The highest BCUT2D eigenvalue weighted by atomic mass is 15.1. The van der Waals surface area contributed by atoms with E-state index in [4.69, 9.17) is 4.98 Å². The number of hydrogen-bond acceptors (Lipinski definition) is 5. The molecule has 5 nitrogen and oxygen atoms in total. The average molecular weight is 381 g/mol. The van der Waals surface area contributed by atoms with Gasteiger partial charge in [0.15, 0.2) is 5.82 Å². The minimum absolute atomic E-state index is 0.120. The van der Waals surface area contributed by atoms with Crippen LogP contribution in [0.15, 0.2) is 73.2 Å². The molecular formula is C24H23N5. The third kappa shape index (κ3) is 4.14. The molecule has 3 aromatic heterocycles. The van der Waals surface area contributed by atoms with Gasteiger partial charge in [0.2, 0.25) is 0 Å². The van der Waals surface area contributed by atoms with Gasteiger partial charge in [-0.1, -0.05) is 35.9 Å². The Morgan fingerprint density at radius 1 is 0.862 bits per heavy atom. The van der Waals surface area contributed by atoms with Gasteiger partial charge in [-0.2, -0.15) is 0 Å². The Balaban J connectivity index is 1.79. The Labute approximate surface area is 170 Å². The van der Waals surface area contributed by atoms with E-state index < -0.39 is 0 Å². The summed E-state index contributed by atoms with van der Waals surface area (Å²) in [5.41, 5.74) is 6.14. The zero-order valence-electron chi connectivity index (χ0n) is 16.8. The van der Waals surface area contributed by atoms with Gasteiger partial charge in [-0.15, -0.1) is 0 Å². The second-order valence-electron chi connectivity index (χ2n) is 7.09. The van der Waals surface area contributed by atoms with Crippen molar-refractivity contribution in [3.05, 3.63) is 101 Å². The summed E-state index contributed by atoms with van der Waals surface area (Å²) in [7, 11) is 0. The van der Waals surface area contributed by atoms with Crippen LogP contribution in [-0.2, 0) is 0 Å². The highest BCUT2D eigenvalue weighted by molar-refractivity contribution is 5.59. The molecule has 0 bridgehead atoms. The van der Waals surface area contributed by atoms with Gasteiger partial charge in [0.25, 0.3) is 0 Å². The van der Waals surface area contributed by atoms with E-state index >= 15 is 0 Å². The minimum atomic E-state index is -0.120. The molecule has 1 aromatic carbocycles. The normalized spacial score (nSPS) is 11.8. The largest absolute Gasteiger partial charge is 0.357 e. The number of rotatable bonds is 5. The summed E-state index contributed by atoms with van der Waals surface area (Å²) in [6, 6.07) is 18.2. The molecule has 0 saturated heterocycles. The lowest BCUT2D eigenvalue weighted by Crippen LogP contribution is -2.16. The van der Waals surface area contributed by atoms with E-state index in [9.17, 15) is 0 Å². The van der Waals surface area contributed by atoms with Crippen LogP contribution in [0.5, 0.6) is 0 Å². The quantitative estimate of drug-likeness (QED) is 0.523. The van der Waals surface area contributed by atoms with Crippen LogP contribution < -0.4 is 5.32 Å². The van der Waals surface area contributed by atoms with E-state index in [1.165, 1.54) is 5.56 Å². The highest BCUT2D eigenvalue weighted by Gasteiger charge is 2.19. The second-order valence-corrected chi connectivity index (χ2v) is 7.09. The number of pyridine rings is 2. The highest BCUT2D eigenvalue weighted by Crippen LogP contribution is 2.29. The lowest BCUT2D eigenvalue weighted by molar-refractivity contribution is 0.869. The Hall–Kier alpha value is -3.60. The molecule has 4 rings (SSSR count). The van der Waals surface area contributed by atoms with Crippen LogP contribution in [0.4, 0.5) is 5.82 Å². The second kappa shape index (κ2) is 8.19. The third-order valence-corrected chi connectivity index (χ3v) is 4.95. The zero-order valence-corrected chi connectivity index (χ0v) is 16.8. The Morgan fingerprint density at radius 2 is 1.76 bits per heavy atom. The molecule has 4 aromatic rings. The molecule has 29 heavy (non-hydrogen) atoms. The summed E-state index contributed by atoms with van der Waals surface area (Å²) in [5.74, 6) is 1.46. The lowest BCUT2D eigenvalue weighted by Gasteiger charge is -2.22. The molecule has 144 valence electrons. The monoisotopic (exact) mass is 381 g/mol. The van der Waals surface area contributed by atoms with Crippen LogP contribution in [0.1, 0.15) is 34.1 Å². The summed E-state index contributed by atoms with van der Waals surface area (Å²) in [6.45, 7) is 6.14. The van der Waals surface area contributed by atoms with E-state index in [0.29, 0.717) is 5.82 Å². The summed E-state index contributed by atoms with van der Waals surface area (Å²) in [5, 5.41) is 3.62. The van der Waals surface area contributed by atoms with Gasteiger partial charge in [0.05, 0.1) is 11.7 Å². The fourth-order valence-corrected chi connectivity index (χ4v) is 3.25. The van der Waals surface area contributed by atoms with Crippen LogP contribution in [0, 0.1) is 20.8 Å². The number of nitrogens with zero attached hydrogens (tertiary/aromatic N) is 4. The Morgan fingerprint density at radius 3 is 2.48 bits per heavy atom. The number of aryl methyl sites for hydroxylation is 2. The lowest BCUT2D eigenvalue weighted by atomic mass is 10.0. The van der Waals surface area contributed by atoms with Crippen molar-refractivity contribution in [2.75, 3.05) is 5.32 Å². The minimum Gasteiger partial charge on any atom is -0.357 e. The third-order valence-electron chi connectivity index (χ3n) is 4.95. The number of nitrogens with one attached hydrogen (secondary N) is 1. The van der Waals surface area contributed by atoms with Gasteiger partial charge in [-0.05, 0) is 50.6 Å². The van der Waals surface area contributed by atoms with Crippen molar-refractivity contribution >= 4 is 5.82 Å². The first-order chi connectivity index (χ1) is 14.1. The van der Waals surface area contributed by atoms with Crippen molar-refractivity contribution in [2.45, 2.75) is 26.8 Å². The van der Waals surface area contributed by atoms with Crippen LogP contribution in [0.2, 0.25) is 0 Å². The summed E-state index contributed by atoms with van der Waals surface area (Å²) < 4.78 is 0. The van der Waals surface area contributed by atoms with Crippen LogP contribution in [-0.4, -0.2) is 19.9 Å². The first kappa shape index (κ1) is 18.7. The van der Waals surface area contributed by atoms with Crippen molar-refractivity contribution in [3.63, 3.8) is 0 Å². The predicted molar refractivity (Wildman–Crippen MR) is 116 cm³/mol. The smallest absolute Gasteiger partial charge is 0.163 e. The maximum atomic E-state index is 4.83. The van der Waals surface area contributed by atoms with Crippen molar-refractivity contribution < 1.29 is 0 Å². The first-order valence-electron chi connectivity index (χ1n) is 9.61. The molecule has 1 unspecified atom stereocenters. The van der Waals surface area contributed by atoms with Crippen molar-refractivity contribution in [1.82, 2.24) is 19.9 Å². The number of anilines is 1. The maximum absolute atomic E-state index is 4.83. The Bertz CT molecular complexity index is 1110. The molecule has 5 heteroatoms. The number of benzene rings is 1. The molecule has 1 atom stereocenters. The molecule has 0 saturated carbocycles. The van der Waals surface area contributed by atoms with Crippen molar-refractivity contribution in [3.8, 4) is 11.4 Å². The maximum Gasteiger partial charge on any atom is 0.163 e. The van der Waals surface area contributed by atoms with Gasteiger partial charge in [-0.3, -0.25) is 9.97 Å². The number of aromatic nitrogens is 4. The van der Waals surface area contributed by atoms with Gasteiger partial charge >= 0.3 is 0 Å². The van der Waals surface area contributed by atoms with Crippen molar-refractivity contribution in [1.29, 1.82) is 0 Å². The predicted octanol–water partition coefficient (Wildman–Crippen LogP) is 5.06. The first-order valence-corrected chi connectivity index (χ1v) is 9.61. The van der Waals surface area contributed by atoms with Gasteiger partial charge in [-0.25, -0.2) is 9.97 Å². The summed E-state index contributed by atoms with van der Waals surface area (Å²) in [4.78, 5) is 18.3. The van der Waals surface area contributed by atoms with Crippen LogP contribution in [0.25, 0.3) is 11.4 Å². The summed E-state index contributed by atoms with van der Waals surface area (Å²) in [6.07, 6.45) is 5.35.